The maximum atomic E-state index is 12.7. The van der Waals surface area contributed by atoms with Gasteiger partial charge in [0.1, 0.15) is 0 Å². The van der Waals surface area contributed by atoms with Crippen molar-refractivity contribution in [1.29, 1.82) is 0 Å². The quantitative estimate of drug-likeness (QED) is 0.665. The monoisotopic (exact) mass is 418 g/mol. The standard InChI is InChI=1S/C24H30N6O/c1-16(2)17(3)26-24(31)23-18(4)30(28-27-23)22-9-5-8-20-15-29(12-10-21(20)22)14-19-7-6-11-25-13-19/h5-9,11,13,16-17H,10,12,14-15H2,1-4H3,(H,26,31)/t17-/m1/s1. The van der Waals surface area contributed by atoms with Gasteiger partial charge in [0.05, 0.1) is 11.4 Å². The van der Waals surface area contributed by atoms with Crippen LogP contribution < -0.4 is 5.32 Å². The zero-order valence-electron chi connectivity index (χ0n) is 18.7. The smallest absolute Gasteiger partial charge is 0.273 e. The summed E-state index contributed by atoms with van der Waals surface area (Å²) in [5.41, 5.74) is 5.96. The van der Waals surface area contributed by atoms with Crippen LogP contribution in [0.4, 0.5) is 0 Å². The summed E-state index contributed by atoms with van der Waals surface area (Å²) in [4.78, 5) is 19.3. The Labute approximate surface area is 183 Å². The first-order valence-electron chi connectivity index (χ1n) is 10.9. The minimum Gasteiger partial charge on any atom is -0.348 e. The summed E-state index contributed by atoms with van der Waals surface area (Å²) in [7, 11) is 0. The van der Waals surface area contributed by atoms with Crippen molar-refractivity contribution in [3.8, 4) is 5.69 Å². The zero-order chi connectivity index (χ0) is 22.0. The highest BCUT2D eigenvalue weighted by atomic mass is 16.2. The number of hydrogen-bond acceptors (Lipinski definition) is 5. The molecule has 1 aliphatic rings. The van der Waals surface area contributed by atoms with Crippen LogP contribution in [0.25, 0.3) is 5.69 Å². The first-order chi connectivity index (χ1) is 14.9. The third-order valence-corrected chi connectivity index (χ3v) is 6.15. The topological polar surface area (TPSA) is 75.9 Å². The molecule has 1 aromatic carbocycles. The van der Waals surface area contributed by atoms with Gasteiger partial charge in [-0.25, -0.2) is 4.68 Å². The lowest BCUT2D eigenvalue weighted by atomic mass is 9.97. The van der Waals surface area contributed by atoms with Gasteiger partial charge >= 0.3 is 0 Å². The van der Waals surface area contributed by atoms with Crippen LogP contribution >= 0.6 is 0 Å². The molecule has 31 heavy (non-hydrogen) atoms. The van der Waals surface area contributed by atoms with Gasteiger partial charge in [-0.1, -0.05) is 37.3 Å². The van der Waals surface area contributed by atoms with E-state index in [0.717, 1.165) is 37.4 Å². The molecule has 7 heteroatoms. The molecule has 0 saturated carbocycles. The lowest BCUT2D eigenvalue weighted by Crippen LogP contribution is -2.36. The molecule has 1 atom stereocenters. The van der Waals surface area contributed by atoms with E-state index in [4.69, 9.17) is 0 Å². The molecular weight excluding hydrogens is 388 g/mol. The number of fused-ring (bicyclic) bond motifs is 1. The van der Waals surface area contributed by atoms with Gasteiger partial charge in [0.25, 0.3) is 5.91 Å². The Bertz CT molecular complexity index is 1060. The van der Waals surface area contributed by atoms with E-state index in [-0.39, 0.29) is 11.9 Å². The van der Waals surface area contributed by atoms with Crippen LogP contribution in [0.2, 0.25) is 0 Å². The molecule has 3 aromatic rings. The highest BCUT2D eigenvalue weighted by Gasteiger charge is 2.24. The SMILES string of the molecule is Cc1c(C(=O)N[C@H](C)C(C)C)nnn1-c1cccc2c1CCN(Cc1cccnc1)C2. The Hall–Kier alpha value is -3.06. The fraction of sp³-hybridized carbons (Fsp3) is 0.417. The van der Waals surface area contributed by atoms with Crippen molar-refractivity contribution in [2.75, 3.05) is 6.54 Å². The molecule has 3 heterocycles. The third kappa shape index (κ3) is 4.51. The predicted octanol–water partition coefficient (Wildman–Crippen LogP) is 3.30. The van der Waals surface area contributed by atoms with Crippen LogP contribution in [0.3, 0.4) is 0 Å². The molecule has 0 saturated heterocycles. The average molecular weight is 419 g/mol. The molecule has 1 amide bonds. The number of rotatable bonds is 6. The van der Waals surface area contributed by atoms with Crippen molar-refractivity contribution in [2.24, 2.45) is 5.92 Å². The maximum absolute atomic E-state index is 12.7. The lowest BCUT2D eigenvalue weighted by molar-refractivity contribution is 0.0924. The van der Waals surface area contributed by atoms with Gasteiger partial charge in [-0.05, 0) is 55.0 Å². The number of benzene rings is 1. The molecule has 0 aliphatic carbocycles. The number of carbonyl (C=O) groups is 1. The minimum absolute atomic E-state index is 0.0762. The number of pyridine rings is 1. The van der Waals surface area contributed by atoms with Gasteiger partial charge in [0.2, 0.25) is 0 Å². The summed E-state index contributed by atoms with van der Waals surface area (Å²) in [5.74, 6) is 0.187. The maximum Gasteiger partial charge on any atom is 0.273 e. The predicted molar refractivity (Wildman–Crippen MR) is 120 cm³/mol. The van der Waals surface area contributed by atoms with Crippen molar-refractivity contribution >= 4 is 5.91 Å². The first-order valence-corrected chi connectivity index (χ1v) is 10.9. The van der Waals surface area contributed by atoms with Gasteiger partial charge in [-0.3, -0.25) is 14.7 Å². The third-order valence-electron chi connectivity index (χ3n) is 6.15. The van der Waals surface area contributed by atoms with Gasteiger partial charge in [-0.15, -0.1) is 5.10 Å². The van der Waals surface area contributed by atoms with E-state index in [1.165, 1.54) is 16.7 Å². The number of aromatic nitrogens is 4. The summed E-state index contributed by atoms with van der Waals surface area (Å²) in [5, 5.41) is 11.6. The Morgan fingerprint density at radius 1 is 1.19 bits per heavy atom. The molecule has 1 aliphatic heterocycles. The number of amides is 1. The van der Waals surface area contributed by atoms with E-state index >= 15 is 0 Å². The van der Waals surface area contributed by atoms with Crippen LogP contribution in [0.15, 0.2) is 42.7 Å². The largest absolute Gasteiger partial charge is 0.348 e. The first kappa shape index (κ1) is 21.2. The van der Waals surface area contributed by atoms with E-state index in [1.807, 2.05) is 30.8 Å². The Morgan fingerprint density at radius 2 is 2.03 bits per heavy atom. The summed E-state index contributed by atoms with van der Waals surface area (Å²) in [6.45, 7) is 10.8. The van der Waals surface area contributed by atoms with Gasteiger partial charge in [0.15, 0.2) is 5.69 Å². The second-order valence-corrected chi connectivity index (χ2v) is 8.68. The lowest BCUT2D eigenvalue weighted by Gasteiger charge is -2.30. The Morgan fingerprint density at radius 3 is 2.77 bits per heavy atom. The number of nitrogens with one attached hydrogen (secondary N) is 1. The van der Waals surface area contributed by atoms with Crippen LogP contribution in [-0.2, 0) is 19.5 Å². The molecule has 0 fully saturated rings. The summed E-state index contributed by atoms with van der Waals surface area (Å²) in [6, 6.07) is 10.5. The summed E-state index contributed by atoms with van der Waals surface area (Å²) in [6.07, 6.45) is 4.66. The van der Waals surface area contributed by atoms with E-state index < -0.39 is 0 Å². The Kier molecular flexibility index (Phi) is 6.13. The molecular formula is C24H30N6O. The molecule has 0 unspecified atom stereocenters. The van der Waals surface area contributed by atoms with E-state index in [9.17, 15) is 4.79 Å². The normalized spacial score (nSPS) is 15.0. The van der Waals surface area contributed by atoms with E-state index in [0.29, 0.717) is 11.6 Å². The van der Waals surface area contributed by atoms with Gasteiger partial charge in [0, 0.05) is 38.1 Å². The molecule has 0 bridgehead atoms. The molecule has 0 spiro atoms. The summed E-state index contributed by atoms with van der Waals surface area (Å²) < 4.78 is 1.81. The van der Waals surface area contributed by atoms with Crippen molar-refractivity contribution in [3.05, 3.63) is 70.8 Å². The fourth-order valence-electron chi connectivity index (χ4n) is 3.94. The number of nitrogens with zero attached hydrogens (tertiary/aromatic N) is 5. The van der Waals surface area contributed by atoms with Crippen molar-refractivity contribution < 1.29 is 4.79 Å². The minimum atomic E-state index is -0.169. The second-order valence-electron chi connectivity index (χ2n) is 8.68. The van der Waals surface area contributed by atoms with E-state index in [1.54, 1.807) is 6.20 Å². The van der Waals surface area contributed by atoms with Gasteiger partial charge < -0.3 is 5.32 Å². The molecule has 1 N–H and O–H groups in total. The van der Waals surface area contributed by atoms with Crippen molar-refractivity contribution in [3.63, 3.8) is 0 Å². The molecule has 7 nitrogen and oxygen atoms in total. The average Bonchev–Trinajstić information content (AvgIpc) is 3.15. The molecule has 0 radical (unpaired) electrons. The molecule has 162 valence electrons. The zero-order valence-corrected chi connectivity index (χ0v) is 18.7. The van der Waals surface area contributed by atoms with Crippen molar-refractivity contribution in [2.45, 2.75) is 53.2 Å². The second kappa shape index (κ2) is 8.98. The van der Waals surface area contributed by atoms with Crippen molar-refractivity contribution in [1.82, 2.24) is 30.2 Å². The van der Waals surface area contributed by atoms with Crippen LogP contribution in [-0.4, -0.2) is 43.4 Å². The molecule has 2 aromatic heterocycles. The van der Waals surface area contributed by atoms with Gasteiger partial charge in [-0.2, -0.15) is 0 Å². The van der Waals surface area contributed by atoms with E-state index in [2.05, 4.69) is 63.6 Å². The number of carbonyl (C=O) groups excluding carboxylic acids is 1. The number of hydrogen-bond donors (Lipinski definition) is 1. The fourth-order valence-corrected chi connectivity index (χ4v) is 3.94. The van der Waals surface area contributed by atoms with Crippen LogP contribution in [0.5, 0.6) is 0 Å². The highest BCUT2D eigenvalue weighted by Crippen LogP contribution is 2.27. The summed E-state index contributed by atoms with van der Waals surface area (Å²) >= 11 is 0. The van der Waals surface area contributed by atoms with Crippen LogP contribution in [0.1, 0.15) is 53.6 Å². The van der Waals surface area contributed by atoms with Crippen LogP contribution in [0, 0.1) is 12.8 Å². The highest BCUT2D eigenvalue weighted by molar-refractivity contribution is 5.93. The Balaban J connectivity index is 1.55. The molecule has 4 rings (SSSR count).